The first-order valence-corrected chi connectivity index (χ1v) is 8.93. The number of hydrogen-bond donors (Lipinski definition) is 1. The molecular formula is C19H32N2O2. The molecule has 1 aromatic carbocycles. The van der Waals surface area contributed by atoms with Crippen LogP contribution >= 0.6 is 0 Å². The minimum atomic E-state index is 0.0836. The van der Waals surface area contributed by atoms with Crippen LogP contribution in [0.2, 0.25) is 0 Å². The molecule has 1 saturated heterocycles. The highest BCUT2D eigenvalue weighted by Gasteiger charge is 2.27. The Balaban J connectivity index is 1.93. The molecule has 0 saturated carbocycles. The maximum Gasteiger partial charge on any atom is 0.119 e. The van der Waals surface area contributed by atoms with E-state index in [-0.39, 0.29) is 12.6 Å². The van der Waals surface area contributed by atoms with Gasteiger partial charge in [-0.3, -0.25) is 4.90 Å². The van der Waals surface area contributed by atoms with E-state index in [1.54, 1.807) is 0 Å². The Morgan fingerprint density at radius 3 is 2.57 bits per heavy atom. The van der Waals surface area contributed by atoms with Gasteiger partial charge < -0.3 is 14.7 Å². The second-order valence-electron chi connectivity index (χ2n) is 6.65. The van der Waals surface area contributed by atoms with Crippen LogP contribution in [0.4, 0.5) is 0 Å². The first-order chi connectivity index (χ1) is 11.2. The number of likely N-dealkylation sites (N-methyl/N-ethyl adjacent to an activating group) is 1. The maximum absolute atomic E-state index is 9.87. The molecule has 0 aromatic heterocycles. The van der Waals surface area contributed by atoms with Gasteiger partial charge in [0.1, 0.15) is 5.75 Å². The van der Waals surface area contributed by atoms with E-state index in [0.29, 0.717) is 6.04 Å². The Morgan fingerprint density at radius 2 is 1.96 bits per heavy atom. The van der Waals surface area contributed by atoms with Crippen molar-refractivity contribution in [1.82, 2.24) is 9.80 Å². The maximum atomic E-state index is 9.87. The van der Waals surface area contributed by atoms with Gasteiger partial charge >= 0.3 is 0 Å². The Morgan fingerprint density at radius 1 is 1.22 bits per heavy atom. The zero-order valence-corrected chi connectivity index (χ0v) is 14.9. The van der Waals surface area contributed by atoms with Gasteiger partial charge in [-0.1, -0.05) is 31.9 Å². The molecule has 1 fully saturated rings. The Kier molecular flexibility index (Phi) is 7.34. The zero-order chi connectivity index (χ0) is 16.7. The van der Waals surface area contributed by atoms with Crippen molar-refractivity contribution in [3.63, 3.8) is 0 Å². The molecule has 0 spiro atoms. The minimum absolute atomic E-state index is 0.0836. The van der Waals surface area contributed by atoms with Crippen molar-refractivity contribution in [3.8, 4) is 5.75 Å². The Labute approximate surface area is 141 Å². The van der Waals surface area contributed by atoms with Crippen LogP contribution < -0.4 is 4.74 Å². The number of hydrogen-bond acceptors (Lipinski definition) is 4. The summed E-state index contributed by atoms with van der Waals surface area (Å²) in [7, 11) is 2.17. The predicted octanol–water partition coefficient (Wildman–Crippen LogP) is 2.92. The third kappa shape index (κ3) is 5.20. The fraction of sp³-hybridized carbons (Fsp3) is 0.684. The van der Waals surface area contributed by atoms with Gasteiger partial charge in [-0.05, 0) is 38.1 Å². The van der Waals surface area contributed by atoms with Crippen molar-refractivity contribution in [1.29, 1.82) is 0 Å². The summed E-state index contributed by atoms with van der Waals surface area (Å²) in [5.74, 6) is 0.924. The summed E-state index contributed by atoms with van der Waals surface area (Å²) in [6.07, 6.45) is 3.53. The normalized spacial score (nSPS) is 21.3. The van der Waals surface area contributed by atoms with Crippen molar-refractivity contribution in [2.75, 3.05) is 39.9 Å². The molecule has 2 atom stereocenters. The topological polar surface area (TPSA) is 35.9 Å². The molecule has 2 rings (SSSR count). The quantitative estimate of drug-likeness (QED) is 0.747. The van der Waals surface area contributed by atoms with Crippen LogP contribution in [0, 0.1) is 0 Å². The number of ether oxygens (including phenoxy) is 1. The number of unbranched alkanes of at least 4 members (excludes halogenated alkanes) is 2. The van der Waals surface area contributed by atoms with Crippen LogP contribution in [-0.2, 0) is 0 Å². The predicted molar refractivity (Wildman–Crippen MR) is 95.0 cm³/mol. The number of nitrogens with zero attached hydrogens (tertiary/aromatic N) is 2. The van der Waals surface area contributed by atoms with Crippen molar-refractivity contribution in [2.45, 2.75) is 45.2 Å². The second-order valence-corrected chi connectivity index (χ2v) is 6.65. The van der Waals surface area contributed by atoms with E-state index in [9.17, 15) is 5.11 Å². The van der Waals surface area contributed by atoms with Crippen LogP contribution in [0.1, 0.15) is 44.7 Å². The minimum Gasteiger partial charge on any atom is -0.494 e. The standard InChI is InChI=1S/C19H32N2O2/c1-4-5-6-13-23-18-9-7-17(8-10-18)19(15-22)21-12-11-20(3)16(2)14-21/h7-10,16,19,22H,4-6,11-15H2,1-3H3. The lowest BCUT2D eigenvalue weighted by Crippen LogP contribution is -2.51. The fourth-order valence-electron chi connectivity index (χ4n) is 3.12. The summed E-state index contributed by atoms with van der Waals surface area (Å²) in [6, 6.07) is 8.87. The number of rotatable bonds is 8. The summed E-state index contributed by atoms with van der Waals surface area (Å²) in [6.45, 7) is 8.44. The van der Waals surface area contributed by atoms with E-state index in [1.165, 1.54) is 18.4 Å². The largest absolute Gasteiger partial charge is 0.494 e. The van der Waals surface area contributed by atoms with Gasteiger partial charge in [0.15, 0.2) is 0 Å². The molecule has 1 aliphatic heterocycles. The number of aliphatic hydroxyl groups excluding tert-OH is 1. The number of benzene rings is 1. The summed E-state index contributed by atoms with van der Waals surface area (Å²) < 4.78 is 5.77. The molecular weight excluding hydrogens is 288 g/mol. The van der Waals surface area contributed by atoms with Crippen molar-refractivity contribution in [3.05, 3.63) is 29.8 Å². The summed E-state index contributed by atoms with van der Waals surface area (Å²) in [5.41, 5.74) is 1.17. The summed E-state index contributed by atoms with van der Waals surface area (Å²) in [4.78, 5) is 4.76. The van der Waals surface area contributed by atoms with E-state index in [1.807, 2.05) is 12.1 Å². The molecule has 1 heterocycles. The molecule has 4 nitrogen and oxygen atoms in total. The van der Waals surface area contributed by atoms with E-state index in [2.05, 4.69) is 42.8 Å². The number of aliphatic hydroxyl groups is 1. The van der Waals surface area contributed by atoms with Crippen LogP contribution in [0.15, 0.2) is 24.3 Å². The highest BCUT2D eigenvalue weighted by molar-refractivity contribution is 5.29. The van der Waals surface area contributed by atoms with Gasteiger partial charge in [-0.25, -0.2) is 0 Å². The molecule has 0 aliphatic carbocycles. The zero-order valence-electron chi connectivity index (χ0n) is 14.9. The van der Waals surface area contributed by atoms with Crippen LogP contribution in [0.25, 0.3) is 0 Å². The summed E-state index contributed by atoms with van der Waals surface area (Å²) >= 11 is 0. The van der Waals surface area contributed by atoms with Gasteiger partial charge in [0.25, 0.3) is 0 Å². The van der Waals surface area contributed by atoms with Crippen molar-refractivity contribution >= 4 is 0 Å². The van der Waals surface area contributed by atoms with E-state index >= 15 is 0 Å². The van der Waals surface area contributed by atoms with Gasteiger partial charge in [0, 0.05) is 25.7 Å². The molecule has 0 radical (unpaired) electrons. The SMILES string of the molecule is CCCCCOc1ccc(C(CO)N2CCN(C)C(C)C2)cc1. The molecule has 1 N–H and O–H groups in total. The molecule has 1 aliphatic rings. The van der Waals surface area contributed by atoms with E-state index < -0.39 is 0 Å². The lowest BCUT2D eigenvalue weighted by atomic mass is 10.0. The molecule has 23 heavy (non-hydrogen) atoms. The highest BCUT2D eigenvalue weighted by Crippen LogP contribution is 2.25. The first kappa shape index (κ1) is 18.2. The molecule has 0 bridgehead atoms. The second kappa shape index (κ2) is 9.26. The Bertz CT molecular complexity index is 449. The van der Waals surface area contributed by atoms with E-state index in [0.717, 1.165) is 38.4 Å². The molecule has 0 amide bonds. The van der Waals surface area contributed by atoms with E-state index in [4.69, 9.17) is 4.74 Å². The lowest BCUT2D eigenvalue weighted by Gasteiger charge is -2.41. The van der Waals surface area contributed by atoms with Gasteiger partial charge in [0.2, 0.25) is 0 Å². The monoisotopic (exact) mass is 320 g/mol. The van der Waals surface area contributed by atoms with Gasteiger partial charge in [0.05, 0.1) is 19.3 Å². The van der Waals surface area contributed by atoms with Crippen molar-refractivity contribution < 1.29 is 9.84 Å². The Hall–Kier alpha value is -1.10. The smallest absolute Gasteiger partial charge is 0.119 e. The number of piperazine rings is 1. The average Bonchev–Trinajstić information content (AvgIpc) is 2.57. The molecule has 2 unspecified atom stereocenters. The molecule has 1 aromatic rings. The average molecular weight is 320 g/mol. The first-order valence-electron chi connectivity index (χ1n) is 8.93. The van der Waals surface area contributed by atoms with Crippen LogP contribution in [0.3, 0.4) is 0 Å². The fourth-order valence-corrected chi connectivity index (χ4v) is 3.12. The molecule has 4 heteroatoms. The van der Waals surface area contributed by atoms with Crippen LogP contribution in [-0.4, -0.2) is 60.8 Å². The van der Waals surface area contributed by atoms with Gasteiger partial charge in [-0.15, -0.1) is 0 Å². The molecule has 130 valence electrons. The van der Waals surface area contributed by atoms with Crippen LogP contribution in [0.5, 0.6) is 5.75 Å². The lowest BCUT2D eigenvalue weighted by molar-refractivity contribution is 0.0464. The van der Waals surface area contributed by atoms with Crippen molar-refractivity contribution in [2.24, 2.45) is 0 Å². The van der Waals surface area contributed by atoms with Gasteiger partial charge in [-0.2, -0.15) is 0 Å². The highest BCUT2D eigenvalue weighted by atomic mass is 16.5. The third-order valence-electron chi connectivity index (χ3n) is 4.89. The third-order valence-corrected chi connectivity index (χ3v) is 4.89. The summed E-state index contributed by atoms with van der Waals surface area (Å²) in [5, 5.41) is 9.87.